The zero-order chi connectivity index (χ0) is 16.2. The zero-order valence-corrected chi connectivity index (χ0v) is 13.3. The summed E-state index contributed by atoms with van der Waals surface area (Å²) in [5.74, 6) is -0.218. The molecule has 0 spiro atoms. The fourth-order valence-electron chi connectivity index (χ4n) is 1.54. The van der Waals surface area contributed by atoms with Crippen molar-refractivity contribution in [2.24, 2.45) is 11.7 Å². The summed E-state index contributed by atoms with van der Waals surface area (Å²) in [6.07, 6.45) is 0. The first-order valence-corrected chi connectivity index (χ1v) is 7.00. The summed E-state index contributed by atoms with van der Waals surface area (Å²) in [6.45, 7) is 9.69. The topological polar surface area (TPSA) is 113 Å². The van der Waals surface area contributed by atoms with Gasteiger partial charge in [-0.2, -0.15) is 5.10 Å². The fourth-order valence-corrected chi connectivity index (χ4v) is 1.54. The molecule has 1 rings (SSSR count). The van der Waals surface area contributed by atoms with Gasteiger partial charge in [0, 0.05) is 17.2 Å². The van der Waals surface area contributed by atoms with E-state index in [2.05, 4.69) is 20.8 Å². The number of rotatable bonds is 5. The molecule has 0 unspecified atom stereocenters. The lowest BCUT2D eigenvalue weighted by Gasteiger charge is -2.15. The highest BCUT2D eigenvalue weighted by Gasteiger charge is 2.19. The van der Waals surface area contributed by atoms with Crippen LogP contribution in [0.15, 0.2) is 6.07 Å². The van der Waals surface area contributed by atoms with E-state index >= 15 is 0 Å². The number of amides is 2. The molecule has 21 heavy (non-hydrogen) atoms. The molecule has 7 heteroatoms. The Labute approximate surface area is 125 Å². The summed E-state index contributed by atoms with van der Waals surface area (Å²) in [5, 5.41) is 12.0. The highest BCUT2D eigenvalue weighted by molar-refractivity contribution is 5.94. The van der Waals surface area contributed by atoms with E-state index in [0.717, 1.165) is 5.69 Å². The van der Waals surface area contributed by atoms with Crippen molar-refractivity contribution in [3.8, 4) is 0 Å². The van der Waals surface area contributed by atoms with Crippen LogP contribution in [0.5, 0.6) is 0 Å². The zero-order valence-electron chi connectivity index (χ0n) is 13.3. The molecule has 0 radical (unpaired) electrons. The number of nitrogens with two attached hydrogens (primary N) is 1. The summed E-state index contributed by atoms with van der Waals surface area (Å²) in [5.41, 5.74) is 6.53. The standard InChI is InChI=1S/C14H25N5O2/c1-8(2)12(15)13(21)16-7-11(20)17-10-6-9(18-19-10)14(3,4)5/h6,8,12H,7,15H2,1-5H3,(H,16,21)(H2,17,18,19,20)/t12-/m0/s1. The van der Waals surface area contributed by atoms with Crippen LogP contribution in [0.4, 0.5) is 5.82 Å². The second kappa shape index (κ2) is 6.71. The number of H-pyrrole nitrogens is 1. The molecular formula is C14H25N5O2. The number of aromatic nitrogens is 2. The predicted molar refractivity (Wildman–Crippen MR) is 81.7 cm³/mol. The molecule has 0 aromatic carbocycles. The van der Waals surface area contributed by atoms with E-state index in [1.165, 1.54) is 0 Å². The van der Waals surface area contributed by atoms with Crippen molar-refractivity contribution in [3.05, 3.63) is 11.8 Å². The molecule has 1 heterocycles. The third-order valence-electron chi connectivity index (χ3n) is 3.10. The third-order valence-corrected chi connectivity index (χ3v) is 3.10. The maximum atomic E-state index is 11.7. The Kier molecular flexibility index (Phi) is 5.48. The van der Waals surface area contributed by atoms with E-state index in [9.17, 15) is 9.59 Å². The minimum absolute atomic E-state index is 0.0220. The van der Waals surface area contributed by atoms with E-state index in [1.54, 1.807) is 6.07 Å². The van der Waals surface area contributed by atoms with Crippen LogP contribution in [-0.4, -0.2) is 34.6 Å². The first-order valence-electron chi connectivity index (χ1n) is 7.00. The van der Waals surface area contributed by atoms with Gasteiger partial charge in [-0.25, -0.2) is 0 Å². The first kappa shape index (κ1) is 17.2. The number of nitrogens with one attached hydrogen (secondary N) is 3. The maximum absolute atomic E-state index is 11.7. The van der Waals surface area contributed by atoms with Crippen LogP contribution in [0.1, 0.15) is 40.3 Å². The SMILES string of the molecule is CC(C)[C@H](N)C(=O)NCC(=O)Nc1cc(C(C)(C)C)[nH]n1. The summed E-state index contributed by atoms with van der Waals surface area (Å²) in [6, 6.07) is 1.16. The average molecular weight is 295 g/mol. The molecule has 1 aromatic heterocycles. The van der Waals surface area contributed by atoms with Crippen molar-refractivity contribution in [1.29, 1.82) is 0 Å². The van der Waals surface area contributed by atoms with Gasteiger partial charge in [0.2, 0.25) is 11.8 Å². The number of carbonyl (C=O) groups is 2. The van der Waals surface area contributed by atoms with Crippen molar-refractivity contribution in [1.82, 2.24) is 15.5 Å². The number of nitrogens with zero attached hydrogens (tertiary/aromatic N) is 1. The van der Waals surface area contributed by atoms with Crippen LogP contribution in [0, 0.1) is 5.92 Å². The molecule has 7 nitrogen and oxygen atoms in total. The van der Waals surface area contributed by atoms with E-state index in [1.807, 2.05) is 34.6 Å². The Balaban J connectivity index is 2.48. The minimum atomic E-state index is -0.615. The molecular weight excluding hydrogens is 270 g/mol. The van der Waals surface area contributed by atoms with Crippen molar-refractivity contribution < 1.29 is 9.59 Å². The van der Waals surface area contributed by atoms with Crippen molar-refractivity contribution in [3.63, 3.8) is 0 Å². The van der Waals surface area contributed by atoms with Gasteiger partial charge in [0.05, 0.1) is 12.6 Å². The second-order valence-corrected chi connectivity index (χ2v) is 6.45. The summed E-state index contributed by atoms with van der Waals surface area (Å²) >= 11 is 0. The Bertz CT molecular complexity index is 502. The molecule has 0 saturated carbocycles. The Hall–Kier alpha value is -1.89. The normalized spacial score (nSPS) is 13.1. The van der Waals surface area contributed by atoms with Crippen molar-refractivity contribution in [2.75, 3.05) is 11.9 Å². The molecule has 0 aliphatic rings. The Morgan fingerprint density at radius 2 is 2.00 bits per heavy atom. The van der Waals surface area contributed by atoms with Crippen LogP contribution < -0.4 is 16.4 Å². The van der Waals surface area contributed by atoms with Gasteiger partial charge in [0.25, 0.3) is 0 Å². The van der Waals surface area contributed by atoms with Gasteiger partial charge in [0.15, 0.2) is 5.82 Å². The molecule has 0 aliphatic carbocycles. The molecule has 0 saturated heterocycles. The number of hydrogen-bond donors (Lipinski definition) is 4. The Morgan fingerprint density at radius 1 is 1.38 bits per heavy atom. The number of hydrogen-bond acceptors (Lipinski definition) is 4. The number of anilines is 1. The van der Waals surface area contributed by atoms with Crippen molar-refractivity contribution >= 4 is 17.6 Å². The quantitative estimate of drug-likeness (QED) is 0.642. The van der Waals surface area contributed by atoms with Crippen LogP contribution in [-0.2, 0) is 15.0 Å². The smallest absolute Gasteiger partial charge is 0.244 e. The molecule has 1 atom stereocenters. The second-order valence-electron chi connectivity index (χ2n) is 6.45. The highest BCUT2D eigenvalue weighted by Crippen LogP contribution is 2.21. The number of aromatic amines is 1. The van der Waals surface area contributed by atoms with Gasteiger partial charge in [-0.15, -0.1) is 0 Å². The van der Waals surface area contributed by atoms with Gasteiger partial charge in [-0.05, 0) is 5.92 Å². The highest BCUT2D eigenvalue weighted by atomic mass is 16.2. The summed E-state index contributed by atoms with van der Waals surface area (Å²) in [7, 11) is 0. The van der Waals surface area contributed by atoms with E-state index in [4.69, 9.17) is 5.73 Å². The van der Waals surface area contributed by atoms with Crippen LogP contribution >= 0.6 is 0 Å². The van der Waals surface area contributed by atoms with Gasteiger partial charge in [0.1, 0.15) is 0 Å². The van der Waals surface area contributed by atoms with Crippen molar-refractivity contribution in [2.45, 2.75) is 46.1 Å². The van der Waals surface area contributed by atoms with Gasteiger partial charge in [-0.1, -0.05) is 34.6 Å². The van der Waals surface area contributed by atoms with E-state index in [0.29, 0.717) is 5.82 Å². The molecule has 0 aliphatic heterocycles. The molecule has 0 fully saturated rings. The minimum Gasteiger partial charge on any atom is -0.346 e. The van der Waals surface area contributed by atoms with Gasteiger partial charge >= 0.3 is 0 Å². The van der Waals surface area contributed by atoms with Crippen LogP contribution in [0.3, 0.4) is 0 Å². The molecule has 0 bridgehead atoms. The third kappa shape index (κ3) is 5.18. The lowest BCUT2D eigenvalue weighted by atomic mass is 9.92. The van der Waals surface area contributed by atoms with Gasteiger partial charge < -0.3 is 16.4 Å². The van der Waals surface area contributed by atoms with Gasteiger partial charge in [-0.3, -0.25) is 14.7 Å². The summed E-state index contributed by atoms with van der Waals surface area (Å²) < 4.78 is 0. The fraction of sp³-hybridized carbons (Fsp3) is 0.643. The Morgan fingerprint density at radius 3 is 2.48 bits per heavy atom. The summed E-state index contributed by atoms with van der Waals surface area (Å²) in [4.78, 5) is 23.4. The molecule has 1 aromatic rings. The molecule has 5 N–H and O–H groups in total. The lowest BCUT2D eigenvalue weighted by Crippen LogP contribution is -2.46. The maximum Gasteiger partial charge on any atom is 0.244 e. The number of carbonyl (C=O) groups excluding carboxylic acids is 2. The average Bonchev–Trinajstić information content (AvgIpc) is 2.83. The molecule has 118 valence electrons. The first-order chi connectivity index (χ1) is 9.61. The van der Waals surface area contributed by atoms with Crippen LogP contribution in [0.2, 0.25) is 0 Å². The largest absolute Gasteiger partial charge is 0.346 e. The van der Waals surface area contributed by atoms with E-state index < -0.39 is 6.04 Å². The van der Waals surface area contributed by atoms with Crippen LogP contribution in [0.25, 0.3) is 0 Å². The predicted octanol–water partition coefficient (Wildman–Crippen LogP) is 0.745. The molecule has 2 amide bonds. The monoisotopic (exact) mass is 295 g/mol. The lowest BCUT2D eigenvalue weighted by molar-refractivity contribution is -0.125. The van der Waals surface area contributed by atoms with E-state index in [-0.39, 0.29) is 29.7 Å².